The van der Waals surface area contributed by atoms with Crippen molar-refractivity contribution in [3.8, 4) is 0 Å². The summed E-state index contributed by atoms with van der Waals surface area (Å²) >= 11 is 1.76. The summed E-state index contributed by atoms with van der Waals surface area (Å²) in [5.74, 6) is 0.841. The number of carbonyl (C=O) groups is 2. The Balaban J connectivity index is 1.41. The third kappa shape index (κ3) is 3.15. The molecule has 0 radical (unpaired) electrons. The monoisotopic (exact) mass is 357 g/mol. The van der Waals surface area contributed by atoms with Crippen LogP contribution in [-0.2, 0) is 11.8 Å². The van der Waals surface area contributed by atoms with E-state index in [4.69, 9.17) is 0 Å². The summed E-state index contributed by atoms with van der Waals surface area (Å²) in [5.41, 5.74) is 1.94. The van der Waals surface area contributed by atoms with E-state index in [2.05, 4.69) is 23.5 Å². The third-order valence-electron chi connectivity index (χ3n) is 5.45. The molecule has 0 N–H and O–H groups in total. The number of ketones is 1. The van der Waals surface area contributed by atoms with Crippen molar-refractivity contribution in [3.63, 3.8) is 0 Å². The molecule has 2 fully saturated rings. The van der Waals surface area contributed by atoms with E-state index in [1.165, 1.54) is 10.4 Å². The highest BCUT2D eigenvalue weighted by atomic mass is 32.1. The number of hydrogen-bond acceptors (Lipinski definition) is 4. The second-order valence-electron chi connectivity index (χ2n) is 7.27. The summed E-state index contributed by atoms with van der Waals surface area (Å²) < 4.78 is 1.64. The highest BCUT2D eigenvalue weighted by molar-refractivity contribution is 7.10. The van der Waals surface area contributed by atoms with E-state index in [0.717, 1.165) is 25.8 Å². The van der Waals surface area contributed by atoms with Crippen molar-refractivity contribution in [3.05, 3.63) is 39.8 Å². The average Bonchev–Trinajstić information content (AvgIpc) is 2.93. The summed E-state index contributed by atoms with van der Waals surface area (Å²) in [6, 6.07) is 2.18. The molecule has 1 aliphatic carbocycles. The number of Topliss-reactive ketones (excluding diaryl/α,β-unsaturated/α-hetero) is 1. The lowest BCUT2D eigenvalue weighted by Gasteiger charge is -2.24. The number of rotatable bonds is 5. The van der Waals surface area contributed by atoms with Crippen LogP contribution in [0.4, 0.5) is 0 Å². The predicted molar refractivity (Wildman–Crippen MR) is 96.8 cm³/mol. The van der Waals surface area contributed by atoms with Crippen LogP contribution in [0.25, 0.3) is 0 Å². The zero-order chi connectivity index (χ0) is 17.6. The van der Waals surface area contributed by atoms with Gasteiger partial charge in [0.15, 0.2) is 5.78 Å². The zero-order valence-corrected chi connectivity index (χ0v) is 15.5. The largest absolute Gasteiger partial charge is 0.339 e. The van der Waals surface area contributed by atoms with E-state index in [1.807, 2.05) is 11.9 Å². The molecule has 1 amide bonds. The van der Waals surface area contributed by atoms with Crippen LogP contribution in [0.15, 0.2) is 23.8 Å². The fraction of sp³-hybridized carbons (Fsp3) is 0.526. The van der Waals surface area contributed by atoms with Crippen LogP contribution >= 0.6 is 11.3 Å². The normalized spacial score (nSPS) is 25.4. The standard InChI is InChI=1S/C19H23N3O2S/c1-12-5-7-25-18(12)15-9-16(15)19(24)22-6-3-4-14(22)8-17(23)13-10-20-21(2)11-13/h5,7,10-11,14-16H,3-4,6,8-9H2,1-2H3. The maximum Gasteiger partial charge on any atom is 0.226 e. The Hall–Kier alpha value is -1.95. The molecule has 0 bridgehead atoms. The molecule has 2 aromatic heterocycles. The minimum Gasteiger partial charge on any atom is -0.339 e. The first kappa shape index (κ1) is 16.5. The molecule has 3 unspecified atom stereocenters. The minimum absolute atomic E-state index is 0.0471. The number of nitrogens with zero attached hydrogens (tertiary/aromatic N) is 3. The van der Waals surface area contributed by atoms with Crippen molar-refractivity contribution in [2.24, 2.45) is 13.0 Å². The van der Waals surface area contributed by atoms with E-state index in [9.17, 15) is 9.59 Å². The van der Waals surface area contributed by atoms with Crippen LogP contribution in [0.1, 0.15) is 52.4 Å². The van der Waals surface area contributed by atoms with Gasteiger partial charge in [-0.2, -0.15) is 5.10 Å². The predicted octanol–water partition coefficient (Wildman–Crippen LogP) is 3.16. The summed E-state index contributed by atoms with van der Waals surface area (Å²) in [6.45, 7) is 2.91. The van der Waals surface area contributed by atoms with Crippen molar-refractivity contribution in [2.45, 2.75) is 44.6 Å². The van der Waals surface area contributed by atoms with Crippen LogP contribution in [0.3, 0.4) is 0 Å². The Kier molecular flexibility index (Phi) is 4.23. The molecule has 1 aliphatic heterocycles. The quantitative estimate of drug-likeness (QED) is 0.773. The Morgan fingerprint density at radius 1 is 1.40 bits per heavy atom. The number of hydrogen-bond donors (Lipinski definition) is 0. The smallest absolute Gasteiger partial charge is 0.226 e. The molecule has 3 heterocycles. The number of likely N-dealkylation sites (tertiary alicyclic amines) is 1. The van der Waals surface area contributed by atoms with Gasteiger partial charge in [-0.15, -0.1) is 11.3 Å². The summed E-state index contributed by atoms with van der Waals surface area (Å²) in [7, 11) is 1.81. The van der Waals surface area contributed by atoms with E-state index in [1.54, 1.807) is 28.4 Å². The van der Waals surface area contributed by atoms with Gasteiger partial charge in [-0.05, 0) is 43.2 Å². The van der Waals surface area contributed by atoms with E-state index in [-0.39, 0.29) is 23.7 Å². The summed E-state index contributed by atoms with van der Waals surface area (Å²) in [6.07, 6.45) is 6.64. The second-order valence-corrected chi connectivity index (χ2v) is 8.22. The van der Waals surface area contributed by atoms with Gasteiger partial charge in [0.05, 0.1) is 11.8 Å². The average molecular weight is 357 g/mol. The minimum atomic E-state index is 0.0471. The summed E-state index contributed by atoms with van der Waals surface area (Å²) in [4.78, 5) is 28.8. The van der Waals surface area contributed by atoms with Gasteiger partial charge >= 0.3 is 0 Å². The molecule has 0 spiro atoms. The van der Waals surface area contributed by atoms with E-state index < -0.39 is 0 Å². The Labute approximate surface area is 151 Å². The fourth-order valence-electron chi connectivity index (χ4n) is 3.97. The van der Waals surface area contributed by atoms with Gasteiger partial charge in [-0.3, -0.25) is 14.3 Å². The van der Waals surface area contributed by atoms with Crippen LogP contribution in [0, 0.1) is 12.8 Å². The number of thiophene rings is 1. The molecule has 1 saturated heterocycles. The maximum atomic E-state index is 13.0. The van der Waals surface area contributed by atoms with Crippen LogP contribution < -0.4 is 0 Å². The van der Waals surface area contributed by atoms with Crippen LogP contribution in [0.2, 0.25) is 0 Å². The second kappa shape index (κ2) is 6.41. The molecule has 5 nitrogen and oxygen atoms in total. The molecule has 1 saturated carbocycles. The van der Waals surface area contributed by atoms with Crippen LogP contribution in [0.5, 0.6) is 0 Å². The Morgan fingerprint density at radius 2 is 2.24 bits per heavy atom. The molecule has 4 rings (SSSR count). The fourth-order valence-corrected chi connectivity index (χ4v) is 5.08. The van der Waals surface area contributed by atoms with Crippen LogP contribution in [-0.4, -0.2) is 39.0 Å². The van der Waals surface area contributed by atoms with Gasteiger partial charge in [0.25, 0.3) is 0 Å². The topological polar surface area (TPSA) is 55.2 Å². The van der Waals surface area contributed by atoms with Gasteiger partial charge in [0.2, 0.25) is 5.91 Å². The molecule has 3 atom stereocenters. The number of amides is 1. The summed E-state index contributed by atoms with van der Waals surface area (Å²) in [5, 5.41) is 6.17. The molecular formula is C19H23N3O2S. The number of aryl methyl sites for hydroxylation is 2. The molecule has 2 aromatic rings. The first-order valence-electron chi connectivity index (χ1n) is 8.91. The first-order valence-corrected chi connectivity index (χ1v) is 9.79. The number of carbonyl (C=O) groups excluding carboxylic acids is 2. The van der Waals surface area contributed by atoms with Gasteiger partial charge in [0, 0.05) is 49.0 Å². The molecular weight excluding hydrogens is 334 g/mol. The first-order chi connectivity index (χ1) is 12.0. The lowest BCUT2D eigenvalue weighted by molar-refractivity contribution is -0.133. The SMILES string of the molecule is Cc1ccsc1C1CC1C(=O)N1CCCC1CC(=O)c1cnn(C)c1. The van der Waals surface area contributed by atoms with Gasteiger partial charge < -0.3 is 4.90 Å². The van der Waals surface area contributed by atoms with Gasteiger partial charge in [0.1, 0.15) is 0 Å². The van der Waals surface area contributed by atoms with Crippen molar-refractivity contribution in [1.82, 2.24) is 14.7 Å². The molecule has 2 aliphatic rings. The van der Waals surface area contributed by atoms with E-state index in [0.29, 0.717) is 17.9 Å². The van der Waals surface area contributed by atoms with Crippen molar-refractivity contribution >= 4 is 23.0 Å². The number of aromatic nitrogens is 2. The molecule has 6 heteroatoms. The van der Waals surface area contributed by atoms with Crippen molar-refractivity contribution < 1.29 is 9.59 Å². The highest BCUT2D eigenvalue weighted by Crippen LogP contribution is 2.51. The van der Waals surface area contributed by atoms with E-state index >= 15 is 0 Å². The Bertz CT molecular complexity index is 809. The highest BCUT2D eigenvalue weighted by Gasteiger charge is 2.48. The molecule has 0 aromatic carbocycles. The molecule has 132 valence electrons. The zero-order valence-electron chi connectivity index (χ0n) is 14.6. The molecule has 25 heavy (non-hydrogen) atoms. The lowest BCUT2D eigenvalue weighted by atomic mass is 10.0. The van der Waals surface area contributed by atoms with Gasteiger partial charge in [-0.25, -0.2) is 0 Å². The lowest BCUT2D eigenvalue weighted by Crippen LogP contribution is -2.38. The van der Waals surface area contributed by atoms with Gasteiger partial charge in [-0.1, -0.05) is 0 Å². The van der Waals surface area contributed by atoms with Crippen molar-refractivity contribution in [2.75, 3.05) is 6.54 Å². The Morgan fingerprint density at radius 3 is 2.92 bits per heavy atom. The maximum absolute atomic E-state index is 13.0. The van der Waals surface area contributed by atoms with Crippen molar-refractivity contribution in [1.29, 1.82) is 0 Å². The third-order valence-corrected chi connectivity index (χ3v) is 6.61.